The van der Waals surface area contributed by atoms with Crippen molar-refractivity contribution in [2.24, 2.45) is 0 Å². The minimum atomic E-state index is -2.34. The molecular formula is C64H47N4OPt-. The molecule has 12 aromatic rings. The molecule has 0 saturated heterocycles. The number of pyridine rings is 1. The number of aryl methyl sites for hydroxylation is 1. The van der Waals surface area contributed by atoms with Gasteiger partial charge in [0.05, 0.1) is 22.3 Å². The first kappa shape index (κ1) is 40.9. The molecule has 0 aliphatic carbocycles. The van der Waals surface area contributed by atoms with E-state index in [4.69, 9.17) is 14.1 Å². The molecule has 6 heteroatoms. The van der Waals surface area contributed by atoms with E-state index in [1.165, 1.54) is 11.1 Å². The van der Waals surface area contributed by atoms with Crippen molar-refractivity contribution in [1.29, 1.82) is 0 Å². The predicted octanol–water partition coefficient (Wildman–Crippen LogP) is 16.0. The van der Waals surface area contributed by atoms with Gasteiger partial charge in [0, 0.05) is 59.3 Å². The van der Waals surface area contributed by atoms with Crippen LogP contribution in [0, 0.1) is 12.9 Å². The number of hydrogen-bond acceptors (Lipinski definition) is 3. The molecule has 1 N–H and O–H groups in total. The average Bonchev–Trinajstić information content (AvgIpc) is 3.97. The zero-order valence-electron chi connectivity index (χ0n) is 41.4. The Bertz CT molecular complexity index is 4000. The molecule has 70 heavy (non-hydrogen) atoms. The Hall–Kier alpha value is -8.11. The number of benzene rings is 9. The van der Waals surface area contributed by atoms with Crippen LogP contribution < -0.4 is 0 Å². The quantitative estimate of drug-likeness (QED) is 0.147. The summed E-state index contributed by atoms with van der Waals surface area (Å²) in [5.41, 5.74) is 15.1. The fourth-order valence-electron chi connectivity index (χ4n) is 10.0. The number of fused-ring (bicyclic) bond motifs is 4. The molecule has 0 spiro atoms. The van der Waals surface area contributed by atoms with E-state index in [0.717, 1.165) is 72.1 Å². The third-order valence-corrected chi connectivity index (χ3v) is 13.6. The molecule has 9 aromatic carbocycles. The molecule has 0 fully saturated rings. The van der Waals surface area contributed by atoms with Crippen LogP contribution in [0.25, 0.3) is 100 Å². The minimum Gasteiger partial charge on any atom is -0.507 e. The van der Waals surface area contributed by atoms with Gasteiger partial charge >= 0.3 is 0 Å². The maximum atomic E-state index is 11.6. The van der Waals surface area contributed by atoms with E-state index in [2.05, 4.69) is 152 Å². The van der Waals surface area contributed by atoms with Gasteiger partial charge in [-0.15, -0.1) is 12.1 Å². The molecule has 0 saturated carbocycles. The molecule has 0 unspecified atom stereocenters. The summed E-state index contributed by atoms with van der Waals surface area (Å²) < 4.78 is 29.5. The standard InChI is InChI=1S/C64H47N4O.Pt/c1-42-30-35-58(53(38-42)44-18-7-4-8-19-44)68-59-28-17-26-51(61(59)66-63(68)52-25-14-16-29-60(52)69)55-40-46(39-54-50-24-13-15-27-57(50)67(62(54)55)49-22-11-6-12-23-49)56-41-45(36-37-65-56)43-31-33-48(34-32-43)64(2,3)47-20-9-5-10-21-47;/h4-39,41,69H,1-3H3;/q-1;/i1D3;. The van der Waals surface area contributed by atoms with E-state index in [-0.39, 0.29) is 37.8 Å². The number of imidazole rings is 1. The first-order valence-corrected chi connectivity index (χ1v) is 23.2. The Labute approximate surface area is 426 Å². The summed E-state index contributed by atoms with van der Waals surface area (Å²) in [5, 5.41) is 13.7. The number of aromatic hydroxyl groups is 1. The van der Waals surface area contributed by atoms with E-state index < -0.39 is 6.85 Å². The van der Waals surface area contributed by atoms with Gasteiger partial charge in [-0.1, -0.05) is 199 Å². The van der Waals surface area contributed by atoms with Crippen molar-refractivity contribution in [2.75, 3.05) is 0 Å². The largest absolute Gasteiger partial charge is 0.507 e. The van der Waals surface area contributed by atoms with E-state index >= 15 is 0 Å². The van der Waals surface area contributed by atoms with Crippen LogP contribution in [0.2, 0.25) is 0 Å². The second-order valence-electron chi connectivity index (χ2n) is 18.1. The van der Waals surface area contributed by atoms with Gasteiger partial charge in [0.25, 0.3) is 0 Å². The third-order valence-electron chi connectivity index (χ3n) is 13.6. The van der Waals surface area contributed by atoms with Crippen molar-refractivity contribution in [1.82, 2.24) is 19.1 Å². The van der Waals surface area contributed by atoms with Crippen LogP contribution >= 0.6 is 0 Å². The zero-order chi connectivity index (χ0) is 49.1. The molecule has 5 nitrogen and oxygen atoms in total. The van der Waals surface area contributed by atoms with Crippen LogP contribution in [0.15, 0.2) is 225 Å². The molecule has 0 amide bonds. The van der Waals surface area contributed by atoms with Crippen molar-refractivity contribution < 1.29 is 30.3 Å². The molecule has 0 aliphatic rings. The van der Waals surface area contributed by atoms with E-state index in [1.54, 1.807) is 24.3 Å². The average molecular weight is 1090 g/mol. The van der Waals surface area contributed by atoms with Crippen LogP contribution in [-0.2, 0) is 26.5 Å². The summed E-state index contributed by atoms with van der Waals surface area (Å²) in [6, 6.07) is 77.2. The number of phenolic OH excluding ortho intramolecular Hbond substituents is 1. The van der Waals surface area contributed by atoms with Crippen molar-refractivity contribution in [3.05, 3.63) is 247 Å². The van der Waals surface area contributed by atoms with Crippen molar-refractivity contribution >= 4 is 32.8 Å². The minimum absolute atomic E-state index is 0. The zero-order valence-corrected chi connectivity index (χ0v) is 40.7. The maximum absolute atomic E-state index is 11.6. The summed E-state index contributed by atoms with van der Waals surface area (Å²) in [4.78, 5) is 10.5. The summed E-state index contributed by atoms with van der Waals surface area (Å²) in [5.74, 6) is 0.564. The predicted molar refractivity (Wildman–Crippen MR) is 284 cm³/mol. The molecule has 0 radical (unpaired) electrons. The van der Waals surface area contributed by atoms with Gasteiger partial charge in [0.1, 0.15) is 11.6 Å². The molecule has 12 rings (SSSR count). The number of hydrogen-bond donors (Lipinski definition) is 1. The fourth-order valence-corrected chi connectivity index (χ4v) is 10.0. The fraction of sp³-hybridized carbons (Fsp3) is 0.0625. The van der Waals surface area contributed by atoms with Gasteiger partial charge in [-0.05, 0) is 100 Å². The number of rotatable bonds is 9. The Kier molecular flexibility index (Phi) is 10.6. The van der Waals surface area contributed by atoms with Gasteiger partial charge < -0.3 is 9.67 Å². The molecule has 3 heterocycles. The number of para-hydroxylation sites is 4. The molecule has 0 atom stereocenters. The van der Waals surface area contributed by atoms with Crippen LogP contribution in [0.5, 0.6) is 5.75 Å². The number of aromatic nitrogens is 4. The topological polar surface area (TPSA) is 55.9 Å². The number of nitrogens with zero attached hydrogens (tertiary/aromatic N) is 4. The Morgan fingerprint density at radius 1 is 0.543 bits per heavy atom. The van der Waals surface area contributed by atoms with Gasteiger partial charge in [-0.25, -0.2) is 4.98 Å². The molecular weight excluding hydrogens is 1040 g/mol. The Balaban J connectivity index is 0.00000574. The van der Waals surface area contributed by atoms with Crippen LogP contribution in [0.3, 0.4) is 0 Å². The molecule has 0 bridgehead atoms. The Morgan fingerprint density at radius 3 is 1.99 bits per heavy atom. The summed E-state index contributed by atoms with van der Waals surface area (Å²) in [6.07, 6.45) is 1.88. The van der Waals surface area contributed by atoms with E-state index in [9.17, 15) is 5.11 Å². The SMILES string of the molecule is [2H]C([2H])([2H])c1ccc(-n2c(-c3ccccc3O)nc3c(-c4[c-]c(-c5cc(-c6ccc(C(C)(C)c7ccccc7)cc6)ccn5)cc5c6ccccc6n(-c6ccccc6)c45)cccc32)c(-c2ccccc2)c1.[Pt]. The smallest absolute Gasteiger partial charge is 0.148 e. The first-order valence-electron chi connectivity index (χ1n) is 24.7. The van der Waals surface area contributed by atoms with Crippen molar-refractivity contribution in [2.45, 2.75) is 26.1 Å². The van der Waals surface area contributed by atoms with Gasteiger partial charge in [0.15, 0.2) is 0 Å². The summed E-state index contributed by atoms with van der Waals surface area (Å²) in [6.45, 7) is 2.19. The maximum Gasteiger partial charge on any atom is 0.148 e. The van der Waals surface area contributed by atoms with Crippen molar-refractivity contribution in [3.8, 4) is 73.2 Å². The second kappa shape index (κ2) is 18.1. The molecule has 340 valence electrons. The van der Waals surface area contributed by atoms with Gasteiger partial charge in [-0.3, -0.25) is 9.55 Å². The van der Waals surface area contributed by atoms with Crippen LogP contribution in [-0.4, -0.2) is 24.2 Å². The molecule has 0 aliphatic heterocycles. The normalized spacial score (nSPS) is 12.4. The van der Waals surface area contributed by atoms with E-state index in [0.29, 0.717) is 28.2 Å². The van der Waals surface area contributed by atoms with Gasteiger partial charge in [0.2, 0.25) is 0 Å². The molecule has 3 aromatic heterocycles. The van der Waals surface area contributed by atoms with Gasteiger partial charge in [-0.2, -0.15) is 0 Å². The summed E-state index contributed by atoms with van der Waals surface area (Å²) >= 11 is 0. The monoisotopic (exact) mass is 1090 g/mol. The third kappa shape index (κ3) is 7.64. The first-order chi connectivity index (χ1) is 35.0. The number of phenols is 1. The summed E-state index contributed by atoms with van der Waals surface area (Å²) in [7, 11) is 0. The Morgan fingerprint density at radius 2 is 1.21 bits per heavy atom. The van der Waals surface area contributed by atoms with Crippen LogP contribution in [0.4, 0.5) is 0 Å². The second-order valence-corrected chi connectivity index (χ2v) is 18.1. The van der Waals surface area contributed by atoms with Crippen molar-refractivity contribution in [3.63, 3.8) is 0 Å². The van der Waals surface area contributed by atoms with Crippen LogP contribution in [0.1, 0.15) is 34.7 Å². The van der Waals surface area contributed by atoms with E-state index in [1.807, 2.05) is 77.5 Å².